The number of hydrogen-bond donors (Lipinski definition) is 1. The Balaban J connectivity index is 0.00000288. The third-order valence-corrected chi connectivity index (χ3v) is 3.81. The molecule has 0 aliphatic carbocycles. The van der Waals surface area contributed by atoms with E-state index in [1.54, 1.807) is 11.9 Å². The minimum Gasteiger partial charge on any atom is -0.488 e. The van der Waals surface area contributed by atoms with Crippen molar-refractivity contribution in [2.24, 2.45) is 0 Å². The predicted molar refractivity (Wildman–Crippen MR) is 100 cm³/mol. The fraction of sp³-hybridized carbons (Fsp3) is 0.316. The maximum atomic E-state index is 12.6. The first-order chi connectivity index (χ1) is 11.1. The molecule has 0 fully saturated rings. The number of rotatable bonds is 7. The molecule has 1 N–H and O–H groups in total. The van der Waals surface area contributed by atoms with E-state index in [2.05, 4.69) is 18.3 Å². The van der Waals surface area contributed by atoms with Gasteiger partial charge in [-0.15, -0.1) is 12.4 Å². The molecule has 24 heavy (non-hydrogen) atoms. The van der Waals surface area contributed by atoms with Gasteiger partial charge in [-0.05, 0) is 37.2 Å². The smallest absolute Gasteiger partial charge is 0.257 e. The summed E-state index contributed by atoms with van der Waals surface area (Å²) in [5, 5.41) is 3.05. The van der Waals surface area contributed by atoms with Gasteiger partial charge in [0.25, 0.3) is 5.91 Å². The maximum Gasteiger partial charge on any atom is 0.257 e. The van der Waals surface area contributed by atoms with E-state index in [4.69, 9.17) is 4.74 Å². The van der Waals surface area contributed by atoms with Gasteiger partial charge in [-0.2, -0.15) is 0 Å². The van der Waals surface area contributed by atoms with E-state index in [1.165, 1.54) is 5.56 Å². The topological polar surface area (TPSA) is 41.6 Å². The van der Waals surface area contributed by atoms with Crippen LogP contribution in [0.5, 0.6) is 5.75 Å². The highest BCUT2D eigenvalue weighted by molar-refractivity contribution is 5.96. The highest BCUT2D eigenvalue weighted by Gasteiger charge is 2.16. The number of amides is 1. The largest absolute Gasteiger partial charge is 0.488 e. The molecule has 2 rings (SSSR count). The lowest BCUT2D eigenvalue weighted by Gasteiger charge is -2.19. The van der Waals surface area contributed by atoms with Crippen LogP contribution in [0.1, 0.15) is 21.5 Å². The van der Waals surface area contributed by atoms with Gasteiger partial charge in [0.15, 0.2) is 0 Å². The van der Waals surface area contributed by atoms with E-state index in [0.717, 1.165) is 12.1 Å². The lowest BCUT2D eigenvalue weighted by atomic mass is 10.1. The van der Waals surface area contributed by atoms with Gasteiger partial charge >= 0.3 is 0 Å². The summed E-state index contributed by atoms with van der Waals surface area (Å²) in [5.74, 6) is 0.595. The van der Waals surface area contributed by atoms with Gasteiger partial charge in [-0.3, -0.25) is 4.79 Å². The van der Waals surface area contributed by atoms with Crippen LogP contribution in [0.15, 0.2) is 48.5 Å². The van der Waals surface area contributed by atoms with Crippen molar-refractivity contribution in [2.45, 2.75) is 13.5 Å². The molecular weight excluding hydrogens is 324 g/mol. The van der Waals surface area contributed by atoms with Crippen LogP contribution in [0.3, 0.4) is 0 Å². The second-order valence-corrected chi connectivity index (χ2v) is 5.54. The quantitative estimate of drug-likeness (QED) is 0.834. The van der Waals surface area contributed by atoms with Crippen molar-refractivity contribution in [2.75, 3.05) is 27.2 Å². The summed E-state index contributed by atoms with van der Waals surface area (Å²) < 4.78 is 5.92. The van der Waals surface area contributed by atoms with Gasteiger partial charge in [0.05, 0.1) is 5.56 Å². The minimum atomic E-state index is -0.0272. The summed E-state index contributed by atoms with van der Waals surface area (Å²) in [6.07, 6.45) is 0. The molecule has 0 saturated carbocycles. The van der Waals surface area contributed by atoms with Crippen LogP contribution in [0.4, 0.5) is 0 Å². The van der Waals surface area contributed by atoms with Gasteiger partial charge < -0.3 is 15.0 Å². The lowest BCUT2D eigenvalue weighted by molar-refractivity contribution is 0.0792. The zero-order valence-electron chi connectivity index (χ0n) is 14.4. The molecule has 0 aliphatic heterocycles. The Morgan fingerprint density at radius 2 is 1.79 bits per heavy atom. The van der Waals surface area contributed by atoms with Crippen molar-refractivity contribution in [3.63, 3.8) is 0 Å². The number of benzene rings is 2. The first kappa shape index (κ1) is 20.0. The fourth-order valence-corrected chi connectivity index (χ4v) is 2.28. The summed E-state index contributed by atoms with van der Waals surface area (Å²) in [6, 6.07) is 15.5. The van der Waals surface area contributed by atoms with Crippen molar-refractivity contribution >= 4 is 18.3 Å². The molecule has 1 amide bonds. The summed E-state index contributed by atoms with van der Waals surface area (Å²) in [7, 11) is 3.68. The molecule has 2 aromatic carbocycles. The second kappa shape index (κ2) is 9.96. The number of likely N-dealkylation sites (N-methyl/N-ethyl adjacent to an activating group) is 2. The molecule has 0 atom stereocenters. The summed E-state index contributed by atoms with van der Waals surface area (Å²) >= 11 is 0. The Hall–Kier alpha value is -2.04. The molecular formula is C19H25ClN2O2. The number of nitrogens with zero attached hydrogens (tertiary/aromatic N) is 1. The highest BCUT2D eigenvalue weighted by Crippen LogP contribution is 2.21. The first-order valence-electron chi connectivity index (χ1n) is 7.80. The Kier molecular flexibility index (Phi) is 8.30. The normalized spacial score (nSPS) is 9.96. The molecule has 0 radical (unpaired) electrons. The van der Waals surface area contributed by atoms with Crippen molar-refractivity contribution in [1.29, 1.82) is 0 Å². The zero-order valence-corrected chi connectivity index (χ0v) is 15.2. The van der Waals surface area contributed by atoms with Crippen molar-refractivity contribution in [1.82, 2.24) is 10.2 Å². The predicted octanol–water partition coefficient (Wildman–Crippen LogP) is 3.29. The van der Waals surface area contributed by atoms with Crippen LogP contribution in [0.25, 0.3) is 0 Å². The Morgan fingerprint density at radius 1 is 1.12 bits per heavy atom. The molecule has 0 saturated heterocycles. The van der Waals surface area contributed by atoms with Crippen LogP contribution in [0, 0.1) is 6.92 Å². The van der Waals surface area contributed by atoms with E-state index in [9.17, 15) is 4.79 Å². The number of hydrogen-bond acceptors (Lipinski definition) is 3. The lowest BCUT2D eigenvalue weighted by Crippen LogP contribution is -2.33. The third kappa shape index (κ3) is 5.25. The fourth-order valence-electron chi connectivity index (χ4n) is 2.28. The number of ether oxygens (including phenoxy) is 1. The number of carbonyl (C=O) groups excluding carboxylic acids is 1. The Bertz CT molecular complexity index is 661. The summed E-state index contributed by atoms with van der Waals surface area (Å²) in [6.45, 7) is 3.93. The van der Waals surface area contributed by atoms with E-state index >= 15 is 0 Å². The number of nitrogens with one attached hydrogen (secondary N) is 1. The van der Waals surface area contributed by atoms with Crippen molar-refractivity contribution in [3.05, 3.63) is 65.2 Å². The molecule has 0 spiro atoms. The van der Waals surface area contributed by atoms with Gasteiger partial charge in [-0.1, -0.05) is 36.4 Å². The van der Waals surface area contributed by atoms with E-state index in [0.29, 0.717) is 24.5 Å². The highest BCUT2D eigenvalue weighted by atomic mass is 35.5. The zero-order chi connectivity index (χ0) is 16.7. The van der Waals surface area contributed by atoms with Gasteiger partial charge in [-0.25, -0.2) is 0 Å². The average molecular weight is 349 g/mol. The molecule has 0 bridgehead atoms. The van der Waals surface area contributed by atoms with Crippen molar-refractivity contribution in [3.8, 4) is 5.75 Å². The van der Waals surface area contributed by atoms with Crippen LogP contribution < -0.4 is 10.1 Å². The standard InChI is InChI=1S/C19H24N2O2.ClH/c1-15-8-4-5-9-16(15)14-23-18-11-7-6-10-17(18)19(22)21(3)13-12-20-2;/h4-11,20H,12-14H2,1-3H3;1H. The van der Waals surface area contributed by atoms with E-state index in [1.807, 2.05) is 49.5 Å². The number of halogens is 1. The third-order valence-electron chi connectivity index (χ3n) is 3.81. The Labute approximate surface area is 150 Å². The van der Waals surface area contributed by atoms with Gasteiger partial charge in [0, 0.05) is 20.1 Å². The second-order valence-electron chi connectivity index (χ2n) is 5.54. The molecule has 0 aromatic heterocycles. The molecule has 2 aromatic rings. The SMILES string of the molecule is CNCCN(C)C(=O)c1ccccc1OCc1ccccc1C.Cl. The van der Waals surface area contributed by atoms with Crippen LogP contribution in [-0.4, -0.2) is 38.0 Å². The van der Waals surface area contributed by atoms with Gasteiger partial charge in [0.1, 0.15) is 12.4 Å². The molecule has 5 heteroatoms. The van der Waals surface area contributed by atoms with Gasteiger partial charge in [0.2, 0.25) is 0 Å². The molecule has 4 nitrogen and oxygen atoms in total. The monoisotopic (exact) mass is 348 g/mol. The van der Waals surface area contributed by atoms with Crippen molar-refractivity contribution < 1.29 is 9.53 Å². The maximum absolute atomic E-state index is 12.6. The minimum absolute atomic E-state index is 0. The first-order valence-corrected chi connectivity index (χ1v) is 7.80. The van der Waals surface area contributed by atoms with E-state index < -0.39 is 0 Å². The van der Waals surface area contributed by atoms with Crippen LogP contribution in [-0.2, 0) is 6.61 Å². The average Bonchev–Trinajstić information content (AvgIpc) is 2.58. The number of carbonyl (C=O) groups is 1. The molecule has 130 valence electrons. The van der Waals surface area contributed by atoms with Crippen LogP contribution in [0.2, 0.25) is 0 Å². The number of para-hydroxylation sites is 1. The van der Waals surface area contributed by atoms with Crippen LogP contribution >= 0.6 is 12.4 Å². The molecule has 0 aliphatic rings. The summed E-state index contributed by atoms with van der Waals surface area (Å²) in [4.78, 5) is 14.3. The summed E-state index contributed by atoms with van der Waals surface area (Å²) in [5.41, 5.74) is 2.90. The Morgan fingerprint density at radius 3 is 2.50 bits per heavy atom. The molecule has 0 heterocycles. The van der Waals surface area contributed by atoms with E-state index in [-0.39, 0.29) is 18.3 Å². The number of aryl methyl sites for hydroxylation is 1. The molecule has 0 unspecified atom stereocenters.